The molecule has 190 valence electrons. The average molecular weight is 488 g/mol. The van der Waals surface area contributed by atoms with Crippen molar-refractivity contribution in [2.45, 2.75) is 39.7 Å². The molecule has 0 unspecified atom stereocenters. The number of carbonyl (C=O) groups is 2. The third kappa shape index (κ3) is 7.08. The average Bonchev–Trinajstić information content (AvgIpc) is 3.56. The summed E-state index contributed by atoms with van der Waals surface area (Å²) >= 11 is 0. The van der Waals surface area contributed by atoms with Gasteiger partial charge in [0.1, 0.15) is 18.1 Å². The van der Waals surface area contributed by atoms with Crippen LogP contribution in [0.2, 0.25) is 0 Å². The largest absolute Gasteiger partial charge is 0.464 e. The van der Waals surface area contributed by atoms with Gasteiger partial charge in [-0.1, -0.05) is 48.5 Å². The van der Waals surface area contributed by atoms with E-state index in [9.17, 15) is 9.59 Å². The molecule has 0 radical (unpaired) electrons. The molecule has 0 bridgehead atoms. The van der Waals surface area contributed by atoms with Crippen LogP contribution in [-0.2, 0) is 17.8 Å². The van der Waals surface area contributed by atoms with Crippen LogP contribution in [0.15, 0.2) is 71.1 Å². The number of hydrogen-bond acceptors (Lipinski definition) is 4. The summed E-state index contributed by atoms with van der Waals surface area (Å²) in [7, 11) is 0. The number of hydrogen-bond donors (Lipinski definition) is 0. The zero-order valence-corrected chi connectivity index (χ0v) is 21.5. The highest BCUT2D eigenvalue weighted by Gasteiger charge is 2.25. The molecule has 0 atom stereocenters. The van der Waals surface area contributed by atoms with Crippen LogP contribution < -0.4 is 0 Å². The second-order valence-corrected chi connectivity index (χ2v) is 9.65. The lowest BCUT2D eigenvalue weighted by molar-refractivity contribution is -0.132. The van der Waals surface area contributed by atoms with Gasteiger partial charge in [0.05, 0.1) is 6.54 Å². The highest BCUT2D eigenvalue weighted by molar-refractivity contribution is 5.97. The van der Waals surface area contributed by atoms with E-state index in [1.807, 2.05) is 73.3 Å². The van der Waals surface area contributed by atoms with Gasteiger partial charge >= 0.3 is 0 Å². The van der Waals surface area contributed by atoms with E-state index in [1.54, 1.807) is 4.90 Å². The van der Waals surface area contributed by atoms with E-state index in [0.29, 0.717) is 25.2 Å². The number of likely N-dealkylation sites (tertiary alicyclic amines) is 1. The van der Waals surface area contributed by atoms with Gasteiger partial charge in [-0.25, -0.2) is 0 Å². The van der Waals surface area contributed by atoms with Crippen LogP contribution in [0, 0.1) is 13.8 Å². The Balaban J connectivity index is 1.50. The van der Waals surface area contributed by atoms with Crippen molar-refractivity contribution >= 4 is 11.8 Å². The standard InChI is InChI=1S/C30H37N3O3/c1-24-10-6-7-13-28(24)30(35)33(21-20-31-17-8-9-18-31)23-29(34)32(22-27-15-14-25(2)36-27)19-16-26-11-4-3-5-12-26/h3-7,10-15H,8-9,16-23H2,1-2H3. The first-order valence-corrected chi connectivity index (χ1v) is 12.9. The molecule has 1 aliphatic heterocycles. The number of carbonyl (C=O) groups excluding carboxylic acids is 2. The predicted molar refractivity (Wildman–Crippen MR) is 142 cm³/mol. The lowest BCUT2D eigenvalue weighted by Crippen LogP contribution is -2.46. The first kappa shape index (κ1) is 25.7. The maximum absolute atomic E-state index is 13.7. The van der Waals surface area contributed by atoms with Crippen molar-refractivity contribution in [3.63, 3.8) is 0 Å². The van der Waals surface area contributed by atoms with Gasteiger partial charge in [-0.15, -0.1) is 0 Å². The topological polar surface area (TPSA) is 57.0 Å². The van der Waals surface area contributed by atoms with Crippen LogP contribution in [-0.4, -0.2) is 65.8 Å². The van der Waals surface area contributed by atoms with E-state index in [-0.39, 0.29) is 18.4 Å². The first-order valence-electron chi connectivity index (χ1n) is 12.9. The minimum atomic E-state index is -0.0856. The van der Waals surface area contributed by atoms with Crippen LogP contribution in [0.5, 0.6) is 0 Å². The summed E-state index contributed by atoms with van der Waals surface area (Å²) in [5.41, 5.74) is 2.75. The summed E-state index contributed by atoms with van der Waals surface area (Å²) in [5, 5.41) is 0. The van der Waals surface area contributed by atoms with Gasteiger partial charge in [0, 0.05) is 25.2 Å². The molecule has 4 rings (SSSR count). The molecule has 1 saturated heterocycles. The van der Waals surface area contributed by atoms with Crippen molar-refractivity contribution in [1.29, 1.82) is 0 Å². The van der Waals surface area contributed by atoms with E-state index in [1.165, 1.54) is 18.4 Å². The van der Waals surface area contributed by atoms with Gasteiger partial charge in [0.2, 0.25) is 5.91 Å². The van der Waals surface area contributed by atoms with Crippen molar-refractivity contribution in [2.75, 3.05) is 39.3 Å². The van der Waals surface area contributed by atoms with Crippen molar-refractivity contribution in [3.8, 4) is 0 Å². The molecule has 0 spiro atoms. The Kier molecular flexibility index (Phi) is 8.95. The van der Waals surface area contributed by atoms with Crippen LogP contribution in [0.1, 0.15) is 45.8 Å². The summed E-state index contributed by atoms with van der Waals surface area (Å²) in [6.45, 7) is 8.27. The van der Waals surface area contributed by atoms with Crippen LogP contribution in [0.25, 0.3) is 0 Å². The van der Waals surface area contributed by atoms with E-state index in [2.05, 4.69) is 17.0 Å². The Morgan fingerprint density at radius 3 is 2.28 bits per heavy atom. The summed E-state index contributed by atoms with van der Waals surface area (Å²) in [6, 6.07) is 21.6. The van der Waals surface area contributed by atoms with Crippen LogP contribution >= 0.6 is 0 Å². The quantitative estimate of drug-likeness (QED) is 0.393. The molecule has 3 aromatic rings. The molecule has 6 nitrogen and oxygen atoms in total. The summed E-state index contributed by atoms with van der Waals surface area (Å²) in [6.07, 6.45) is 3.13. The Hall–Kier alpha value is -3.38. The fraction of sp³-hybridized carbons (Fsp3) is 0.400. The second-order valence-electron chi connectivity index (χ2n) is 9.65. The fourth-order valence-electron chi connectivity index (χ4n) is 4.73. The van der Waals surface area contributed by atoms with E-state index in [0.717, 1.165) is 43.1 Å². The second kappa shape index (κ2) is 12.5. The zero-order valence-electron chi connectivity index (χ0n) is 21.5. The molecule has 0 N–H and O–H groups in total. The molecule has 2 aromatic carbocycles. The minimum absolute atomic E-state index is 0.0511. The smallest absolute Gasteiger partial charge is 0.254 e. The summed E-state index contributed by atoms with van der Waals surface area (Å²) in [5.74, 6) is 1.42. The Labute approximate surface area is 214 Å². The molecule has 2 amide bonds. The summed E-state index contributed by atoms with van der Waals surface area (Å²) in [4.78, 5) is 33.2. The Morgan fingerprint density at radius 2 is 1.58 bits per heavy atom. The SMILES string of the molecule is Cc1ccc(CN(CCc2ccccc2)C(=O)CN(CCN2CCCC2)C(=O)c2ccccc2C)o1. The van der Waals surface area contributed by atoms with Crippen LogP contribution in [0.4, 0.5) is 0 Å². The Morgan fingerprint density at radius 1 is 0.861 bits per heavy atom. The molecule has 1 aliphatic rings. The molecule has 0 aliphatic carbocycles. The lowest BCUT2D eigenvalue weighted by atomic mass is 10.1. The highest BCUT2D eigenvalue weighted by atomic mass is 16.3. The molecule has 6 heteroatoms. The molecular weight excluding hydrogens is 450 g/mol. The number of furan rings is 1. The maximum Gasteiger partial charge on any atom is 0.254 e. The number of nitrogens with zero attached hydrogens (tertiary/aromatic N) is 3. The van der Waals surface area contributed by atoms with Crippen molar-refractivity contribution in [1.82, 2.24) is 14.7 Å². The van der Waals surface area contributed by atoms with E-state index >= 15 is 0 Å². The number of rotatable bonds is 11. The normalized spacial score (nSPS) is 13.6. The number of benzene rings is 2. The molecular formula is C30H37N3O3. The summed E-state index contributed by atoms with van der Waals surface area (Å²) < 4.78 is 5.79. The molecule has 1 fully saturated rings. The Bertz CT molecular complexity index is 1140. The zero-order chi connectivity index (χ0) is 25.3. The lowest BCUT2D eigenvalue weighted by Gasteiger charge is -2.29. The molecule has 2 heterocycles. The molecule has 1 aromatic heterocycles. The minimum Gasteiger partial charge on any atom is -0.464 e. The molecule has 0 saturated carbocycles. The van der Waals surface area contributed by atoms with Gasteiger partial charge in [0.25, 0.3) is 5.91 Å². The van der Waals surface area contributed by atoms with Crippen LogP contribution in [0.3, 0.4) is 0 Å². The fourth-order valence-corrected chi connectivity index (χ4v) is 4.73. The van der Waals surface area contributed by atoms with E-state index in [4.69, 9.17) is 4.42 Å². The van der Waals surface area contributed by atoms with Gasteiger partial charge < -0.3 is 19.1 Å². The van der Waals surface area contributed by atoms with Crippen molar-refractivity contribution in [2.24, 2.45) is 0 Å². The van der Waals surface area contributed by atoms with Gasteiger partial charge in [-0.2, -0.15) is 0 Å². The van der Waals surface area contributed by atoms with Gasteiger partial charge in [0.15, 0.2) is 0 Å². The number of aryl methyl sites for hydroxylation is 2. The van der Waals surface area contributed by atoms with E-state index < -0.39 is 0 Å². The monoisotopic (exact) mass is 487 g/mol. The third-order valence-electron chi connectivity index (χ3n) is 6.88. The third-order valence-corrected chi connectivity index (χ3v) is 6.88. The predicted octanol–water partition coefficient (Wildman–Crippen LogP) is 4.71. The van der Waals surface area contributed by atoms with Gasteiger partial charge in [-0.05, 0) is 75.5 Å². The maximum atomic E-state index is 13.7. The van der Waals surface area contributed by atoms with Crippen molar-refractivity contribution in [3.05, 3.63) is 94.9 Å². The number of amides is 2. The van der Waals surface area contributed by atoms with Gasteiger partial charge in [-0.3, -0.25) is 9.59 Å². The highest BCUT2D eigenvalue weighted by Crippen LogP contribution is 2.15. The molecule has 36 heavy (non-hydrogen) atoms. The first-order chi connectivity index (χ1) is 17.5. The van der Waals surface area contributed by atoms with Crippen molar-refractivity contribution < 1.29 is 14.0 Å².